The Bertz CT molecular complexity index is 303. The van der Waals surface area contributed by atoms with E-state index in [9.17, 15) is 18.0 Å². The largest absolute Gasteiger partial charge is 0.405 e. The lowest BCUT2D eigenvalue weighted by molar-refractivity contribution is -0.190. The van der Waals surface area contributed by atoms with Crippen LogP contribution in [0.15, 0.2) is 0 Å². The molecule has 0 aromatic heterocycles. The van der Waals surface area contributed by atoms with Gasteiger partial charge in [-0.1, -0.05) is 0 Å². The molecule has 0 spiro atoms. The van der Waals surface area contributed by atoms with Gasteiger partial charge in [0.25, 0.3) is 0 Å². The smallest absolute Gasteiger partial charge is 0.381 e. The lowest BCUT2D eigenvalue weighted by Gasteiger charge is -2.39. The van der Waals surface area contributed by atoms with E-state index in [-0.39, 0.29) is 24.9 Å². The molecule has 2 fully saturated rings. The molecule has 2 rings (SSSR count). The Hall–Kier alpha value is -0.820. The van der Waals surface area contributed by atoms with E-state index in [0.717, 1.165) is 12.8 Å². The zero-order valence-electron chi connectivity index (χ0n) is 10.0. The summed E-state index contributed by atoms with van der Waals surface area (Å²) in [5.74, 6) is -0.142. The van der Waals surface area contributed by atoms with E-state index in [1.165, 1.54) is 4.90 Å². The number of hydrogen-bond donors (Lipinski definition) is 1. The monoisotopic (exact) mass is 266 g/mol. The van der Waals surface area contributed by atoms with Gasteiger partial charge in [0.2, 0.25) is 5.91 Å². The number of ether oxygens (including phenoxy) is 1. The van der Waals surface area contributed by atoms with Crippen molar-refractivity contribution in [3.8, 4) is 0 Å². The highest BCUT2D eigenvalue weighted by atomic mass is 19.4. The Morgan fingerprint density at radius 2 is 2.00 bits per heavy atom. The fourth-order valence-corrected chi connectivity index (χ4v) is 2.47. The van der Waals surface area contributed by atoms with Crippen LogP contribution >= 0.6 is 0 Å². The predicted octanol–water partition coefficient (Wildman–Crippen LogP) is 0.776. The number of nitrogens with one attached hydrogen (secondary N) is 1. The Kier molecular flexibility index (Phi) is 4.11. The fourth-order valence-electron chi connectivity index (χ4n) is 2.47. The molecule has 1 amide bonds. The summed E-state index contributed by atoms with van der Waals surface area (Å²) in [6, 6.07) is -1.56. The van der Waals surface area contributed by atoms with Crippen molar-refractivity contribution in [3.63, 3.8) is 0 Å². The maximum Gasteiger partial charge on any atom is 0.405 e. The minimum atomic E-state index is -4.29. The van der Waals surface area contributed by atoms with Crippen molar-refractivity contribution in [1.82, 2.24) is 10.2 Å². The molecule has 4 nitrogen and oxygen atoms in total. The van der Waals surface area contributed by atoms with Crippen LogP contribution in [-0.4, -0.2) is 55.9 Å². The van der Waals surface area contributed by atoms with Crippen LogP contribution in [0, 0.1) is 5.92 Å². The molecule has 0 aromatic rings. The Balaban J connectivity index is 1.98. The second-order valence-corrected chi connectivity index (χ2v) is 4.85. The lowest BCUT2D eigenvalue weighted by Crippen LogP contribution is -2.60. The topological polar surface area (TPSA) is 41.6 Å². The zero-order chi connectivity index (χ0) is 13.2. The van der Waals surface area contributed by atoms with Gasteiger partial charge in [0.1, 0.15) is 6.04 Å². The van der Waals surface area contributed by atoms with Gasteiger partial charge in [-0.05, 0) is 18.8 Å². The number of rotatable bonds is 2. The SMILES string of the molecule is O=C1CN(CC2CCOCC2)C(C(F)(F)F)CN1. The highest BCUT2D eigenvalue weighted by Gasteiger charge is 2.46. The zero-order valence-corrected chi connectivity index (χ0v) is 10.0. The summed E-state index contributed by atoms with van der Waals surface area (Å²) in [5, 5.41) is 2.28. The van der Waals surface area contributed by atoms with E-state index in [1.54, 1.807) is 0 Å². The first-order valence-corrected chi connectivity index (χ1v) is 6.12. The highest BCUT2D eigenvalue weighted by Crippen LogP contribution is 2.28. The number of hydrogen-bond acceptors (Lipinski definition) is 3. The molecule has 0 radical (unpaired) electrons. The van der Waals surface area contributed by atoms with E-state index < -0.39 is 12.2 Å². The molecule has 2 saturated heterocycles. The second kappa shape index (κ2) is 5.44. The fraction of sp³-hybridized carbons (Fsp3) is 0.909. The maximum atomic E-state index is 12.9. The molecule has 0 aliphatic carbocycles. The number of alkyl halides is 3. The molecule has 2 aliphatic heterocycles. The number of amides is 1. The van der Waals surface area contributed by atoms with Crippen molar-refractivity contribution >= 4 is 5.91 Å². The van der Waals surface area contributed by atoms with Gasteiger partial charge in [0.15, 0.2) is 0 Å². The average Bonchev–Trinajstić information content (AvgIpc) is 2.28. The Morgan fingerprint density at radius 3 is 2.61 bits per heavy atom. The van der Waals surface area contributed by atoms with Gasteiger partial charge in [0.05, 0.1) is 6.54 Å². The maximum absolute atomic E-state index is 12.9. The molecular weight excluding hydrogens is 249 g/mol. The molecule has 0 bridgehead atoms. The highest BCUT2D eigenvalue weighted by molar-refractivity contribution is 5.78. The van der Waals surface area contributed by atoms with Gasteiger partial charge in [-0.3, -0.25) is 9.69 Å². The molecule has 0 saturated carbocycles. The van der Waals surface area contributed by atoms with Crippen molar-refractivity contribution in [3.05, 3.63) is 0 Å². The quantitative estimate of drug-likeness (QED) is 0.803. The number of nitrogens with zero attached hydrogens (tertiary/aromatic N) is 1. The Morgan fingerprint density at radius 1 is 1.33 bits per heavy atom. The first-order valence-electron chi connectivity index (χ1n) is 6.12. The van der Waals surface area contributed by atoms with E-state index in [0.29, 0.717) is 19.8 Å². The third kappa shape index (κ3) is 3.35. The van der Waals surface area contributed by atoms with Crippen LogP contribution in [0.25, 0.3) is 0 Å². The van der Waals surface area contributed by atoms with Crippen LogP contribution in [0.4, 0.5) is 13.2 Å². The van der Waals surface area contributed by atoms with Crippen molar-refractivity contribution in [2.75, 3.05) is 32.8 Å². The van der Waals surface area contributed by atoms with Gasteiger partial charge < -0.3 is 10.1 Å². The van der Waals surface area contributed by atoms with Gasteiger partial charge in [-0.15, -0.1) is 0 Å². The summed E-state index contributed by atoms with van der Waals surface area (Å²) in [5.41, 5.74) is 0. The normalized spacial score (nSPS) is 28.2. The van der Waals surface area contributed by atoms with Crippen LogP contribution in [0.3, 0.4) is 0 Å². The molecule has 1 unspecified atom stereocenters. The third-order valence-electron chi connectivity index (χ3n) is 3.49. The molecule has 2 heterocycles. The van der Waals surface area contributed by atoms with Crippen molar-refractivity contribution < 1.29 is 22.7 Å². The molecule has 0 aromatic carbocycles. The van der Waals surface area contributed by atoms with Gasteiger partial charge in [0, 0.05) is 26.3 Å². The van der Waals surface area contributed by atoms with Crippen LogP contribution in [0.1, 0.15) is 12.8 Å². The van der Waals surface area contributed by atoms with Crippen LogP contribution in [0.2, 0.25) is 0 Å². The molecule has 7 heteroatoms. The minimum Gasteiger partial charge on any atom is -0.381 e. The lowest BCUT2D eigenvalue weighted by atomic mass is 9.98. The number of piperazine rings is 1. The Labute approximate surface area is 103 Å². The molecule has 18 heavy (non-hydrogen) atoms. The molecule has 1 atom stereocenters. The summed E-state index contributed by atoms with van der Waals surface area (Å²) in [6.07, 6.45) is -2.76. The summed E-state index contributed by atoms with van der Waals surface area (Å²) in [4.78, 5) is 12.5. The number of halogens is 3. The van der Waals surface area contributed by atoms with Crippen LogP contribution in [-0.2, 0) is 9.53 Å². The van der Waals surface area contributed by atoms with E-state index in [2.05, 4.69) is 5.32 Å². The summed E-state index contributed by atoms with van der Waals surface area (Å²) < 4.78 is 43.7. The van der Waals surface area contributed by atoms with Gasteiger partial charge >= 0.3 is 6.18 Å². The van der Waals surface area contributed by atoms with Crippen LogP contribution < -0.4 is 5.32 Å². The van der Waals surface area contributed by atoms with Crippen molar-refractivity contribution in [2.24, 2.45) is 5.92 Å². The first-order chi connectivity index (χ1) is 8.47. The average molecular weight is 266 g/mol. The van der Waals surface area contributed by atoms with E-state index in [4.69, 9.17) is 4.74 Å². The van der Waals surface area contributed by atoms with Crippen LogP contribution in [0.5, 0.6) is 0 Å². The van der Waals surface area contributed by atoms with Crippen molar-refractivity contribution in [1.29, 1.82) is 0 Å². The van der Waals surface area contributed by atoms with Crippen molar-refractivity contribution in [2.45, 2.75) is 25.1 Å². The predicted molar refractivity (Wildman–Crippen MR) is 58.0 cm³/mol. The van der Waals surface area contributed by atoms with Gasteiger partial charge in [-0.2, -0.15) is 13.2 Å². The van der Waals surface area contributed by atoms with E-state index in [1.807, 2.05) is 0 Å². The second-order valence-electron chi connectivity index (χ2n) is 4.85. The summed E-state index contributed by atoms with van der Waals surface area (Å²) in [7, 11) is 0. The molecular formula is C11H17F3N2O2. The minimum absolute atomic E-state index is 0.165. The van der Waals surface area contributed by atoms with Gasteiger partial charge in [-0.25, -0.2) is 0 Å². The molecule has 2 aliphatic rings. The molecule has 1 N–H and O–H groups in total. The standard InChI is InChI=1S/C11H17F3N2O2/c12-11(13,14)9-5-15-10(17)7-16(9)6-8-1-3-18-4-2-8/h8-9H,1-7H2,(H,15,17). The number of carbonyl (C=O) groups excluding carboxylic acids is 1. The molecule has 104 valence electrons. The summed E-state index contributed by atoms with van der Waals surface area (Å²) >= 11 is 0. The first kappa shape index (κ1) is 13.6. The van der Waals surface area contributed by atoms with E-state index >= 15 is 0 Å². The summed E-state index contributed by atoms with van der Waals surface area (Å²) in [6.45, 7) is 1.01. The third-order valence-corrected chi connectivity index (χ3v) is 3.49. The number of carbonyl (C=O) groups is 1.